The van der Waals surface area contributed by atoms with Crippen LogP contribution >= 0.6 is 11.8 Å². The highest BCUT2D eigenvalue weighted by Gasteiger charge is 2.21. The maximum Gasteiger partial charge on any atom is 0.230 e. The lowest BCUT2D eigenvalue weighted by Crippen LogP contribution is -2.36. The minimum Gasteiger partial charge on any atom is -0.353 e. The lowest BCUT2D eigenvalue weighted by atomic mass is 10.1. The van der Waals surface area contributed by atoms with Crippen molar-refractivity contribution in [2.75, 3.05) is 5.75 Å². The van der Waals surface area contributed by atoms with Crippen molar-refractivity contribution in [2.45, 2.75) is 49.6 Å². The molecule has 0 aliphatic carbocycles. The topological polar surface area (TPSA) is 72.7 Å². The van der Waals surface area contributed by atoms with Gasteiger partial charge in [-0.2, -0.15) is 0 Å². The van der Waals surface area contributed by atoms with Crippen LogP contribution in [0.3, 0.4) is 0 Å². The van der Waals surface area contributed by atoms with Gasteiger partial charge in [0.1, 0.15) is 11.6 Å². The third-order valence-corrected chi connectivity index (χ3v) is 6.20. The van der Waals surface area contributed by atoms with E-state index in [1.807, 2.05) is 18.2 Å². The monoisotopic (exact) mass is 407 g/mol. The summed E-state index contributed by atoms with van der Waals surface area (Å²) >= 11 is 1.54. The summed E-state index contributed by atoms with van der Waals surface area (Å²) in [6, 6.07) is 14.5. The second-order valence-corrected chi connectivity index (χ2v) is 8.28. The highest BCUT2D eigenvalue weighted by Crippen LogP contribution is 2.18. The largest absolute Gasteiger partial charge is 0.353 e. The van der Waals surface area contributed by atoms with Gasteiger partial charge in [0.05, 0.1) is 5.75 Å². The molecule has 3 heterocycles. The van der Waals surface area contributed by atoms with Gasteiger partial charge >= 0.3 is 0 Å². The van der Waals surface area contributed by atoms with Crippen LogP contribution in [0.1, 0.15) is 30.1 Å². The summed E-state index contributed by atoms with van der Waals surface area (Å²) < 4.78 is 2.25. The molecule has 1 aliphatic rings. The van der Waals surface area contributed by atoms with E-state index >= 15 is 0 Å². The first-order chi connectivity index (χ1) is 14.3. The van der Waals surface area contributed by atoms with E-state index in [0.717, 1.165) is 55.2 Å². The maximum atomic E-state index is 12.4. The Hall–Kier alpha value is -2.67. The zero-order valence-corrected chi connectivity index (χ0v) is 17.1. The van der Waals surface area contributed by atoms with Crippen molar-refractivity contribution in [3.63, 3.8) is 0 Å². The molecule has 7 heteroatoms. The molecule has 29 heavy (non-hydrogen) atoms. The van der Waals surface area contributed by atoms with Crippen LogP contribution in [0.4, 0.5) is 0 Å². The van der Waals surface area contributed by atoms with Gasteiger partial charge < -0.3 is 9.88 Å². The van der Waals surface area contributed by atoms with Crippen molar-refractivity contribution in [1.82, 2.24) is 25.1 Å². The van der Waals surface area contributed by atoms with Crippen molar-refractivity contribution >= 4 is 17.7 Å². The van der Waals surface area contributed by atoms with Gasteiger partial charge in [-0.15, -0.1) is 22.0 Å². The minimum atomic E-state index is 0.0822. The number of fused-ring (bicyclic) bond motifs is 1. The van der Waals surface area contributed by atoms with Gasteiger partial charge in [0, 0.05) is 42.7 Å². The first kappa shape index (κ1) is 19.6. The van der Waals surface area contributed by atoms with Crippen molar-refractivity contribution < 1.29 is 4.79 Å². The van der Waals surface area contributed by atoms with E-state index in [4.69, 9.17) is 0 Å². The minimum absolute atomic E-state index is 0.0822. The number of thioether (sulfide) groups is 1. The number of benzene rings is 1. The quantitative estimate of drug-likeness (QED) is 0.610. The molecule has 1 aromatic carbocycles. The Balaban J connectivity index is 1.28. The van der Waals surface area contributed by atoms with Crippen LogP contribution in [0.2, 0.25) is 0 Å². The molecule has 4 rings (SSSR count). The van der Waals surface area contributed by atoms with E-state index in [1.165, 1.54) is 17.3 Å². The SMILES string of the molecule is O=C(CSc1ccncc1)NC1CCc2nnc(CCc3ccccc3)n2CC1. The predicted octanol–water partition coefficient (Wildman–Crippen LogP) is 3.07. The highest BCUT2D eigenvalue weighted by atomic mass is 32.2. The zero-order chi connectivity index (χ0) is 19.9. The average molecular weight is 408 g/mol. The summed E-state index contributed by atoms with van der Waals surface area (Å²) in [7, 11) is 0. The fourth-order valence-corrected chi connectivity index (χ4v) is 4.33. The smallest absolute Gasteiger partial charge is 0.230 e. The van der Waals surface area contributed by atoms with E-state index in [2.05, 4.69) is 49.3 Å². The molecule has 0 saturated carbocycles. The molecule has 1 atom stereocenters. The number of nitrogens with zero attached hydrogens (tertiary/aromatic N) is 4. The molecule has 0 saturated heterocycles. The van der Waals surface area contributed by atoms with Gasteiger partial charge in [0.15, 0.2) is 0 Å². The number of hydrogen-bond donors (Lipinski definition) is 1. The van der Waals surface area contributed by atoms with E-state index in [1.54, 1.807) is 12.4 Å². The predicted molar refractivity (Wildman–Crippen MR) is 114 cm³/mol. The number of carbonyl (C=O) groups excluding carboxylic acids is 1. The summed E-state index contributed by atoms with van der Waals surface area (Å²) in [5.74, 6) is 2.59. The lowest BCUT2D eigenvalue weighted by molar-refractivity contribution is -0.119. The van der Waals surface area contributed by atoms with Crippen LogP contribution < -0.4 is 5.32 Å². The van der Waals surface area contributed by atoms with Crippen LogP contribution in [0.5, 0.6) is 0 Å². The molecule has 1 amide bonds. The van der Waals surface area contributed by atoms with Crippen molar-refractivity contribution in [2.24, 2.45) is 0 Å². The van der Waals surface area contributed by atoms with E-state index in [9.17, 15) is 4.79 Å². The van der Waals surface area contributed by atoms with Gasteiger partial charge in [-0.05, 0) is 37.0 Å². The van der Waals surface area contributed by atoms with Crippen LogP contribution in [-0.4, -0.2) is 37.5 Å². The summed E-state index contributed by atoms with van der Waals surface area (Å²) in [5, 5.41) is 12.0. The zero-order valence-electron chi connectivity index (χ0n) is 16.3. The second kappa shape index (κ2) is 9.69. The first-order valence-corrected chi connectivity index (χ1v) is 11.0. The lowest BCUT2D eigenvalue weighted by Gasteiger charge is -2.16. The van der Waals surface area contributed by atoms with Gasteiger partial charge in [0.2, 0.25) is 5.91 Å². The molecule has 0 bridgehead atoms. The van der Waals surface area contributed by atoms with Crippen LogP contribution in [0.15, 0.2) is 59.8 Å². The number of carbonyl (C=O) groups is 1. The molecule has 2 aromatic heterocycles. The van der Waals surface area contributed by atoms with Crippen molar-refractivity contribution in [3.8, 4) is 0 Å². The number of hydrogen-bond acceptors (Lipinski definition) is 5. The van der Waals surface area contributed by atoms with E-state index in [-0.39, 0.29) is 11.9 Å². The Bertz CT molecular complexity index is 929. The van der Waals surface area contributed by atoms with E-state index in [0.29, 0.717) is 5.75 Å². The summed E-state index contributed by atoms with van der Waals surface area (Å²) in [4.78, 5) is 17.4. The van der Waals surface area contributed by atoms with Gasteiger partial charge in [-0.3, -0.25) is 9.78 Å². The number of aryl methyl sites for hydroxylation is 3. The van der Waals surface area contributed by atoms with Crippen molar-refractivity contribution in [3.05, 3.63) is 72.1 Å². The fourth-order valence-electron chi connectivity index (χ4n) is 3.63. The summed E-state index contributed by atoms with van der Waals surface area (Å²) in [6.45, 7) is 0.856. The highest BCUT2D eigenvalue weighted by molar-refractivity contribution is 8.00. The number of amides is 1. The molecule has 1 N–H and O–H groups in total. The maximum absolute atomic E-state index is 12.4. The second-order valence-electron chi connectivity index (χ2n) is 7.23. The molecular weight excluding hydrogens is 382 g/mol. The molecule has 0 radical (unpaired) electrons. The molecule has 1 unspecified atom stereocenters. The molecule has 0 spiro atoms. The average Bonchev–Trinajstić information content (AvgIpc) is 3.05. The van der Waals surface area contributed by atoms with Crippen LogP contribution in [-0.2, 0) is 30.6 Å². The molecule has 6 nitrogen and oxygen atoms in total. The Morgan fingerprint density at radius 3 is 2.72 bits per heavy atom. The van der Waals surface area contributed by atoms with Crippen molar-refractivity contribution in [1.29, 1.82) is 0 Å². The normalized spacial score (nSPS) is 16.1. The molecule has 1 aliphatic heterocycles. The molecule has 0 fully saturated rings. The van der Waals surface area contributed by atoms with E-state index < -0.39 is 0 Å². The fraction of sp³-hybridized carbons (Fsp3) is 0.364. The Kier molecular flexibility index (Phi) is 6.56. The van der Waals surface area contributed by atoms with Gasteiger partial charge in [-0.25, -0.2) is 0 Å². The third-order valence-electron chi connectivity index (χ3n) is 5.19. The third kappa shape index (κ3) is 5.44. The van der Waals surface area contributed by atoms with Crippen LogP contribution in [0, 0.1) is 0 Å². The summed E-state index contributed by atoms with van der Waals surface area (Å²) in [6.07, 6.45) is 8.01. The number of rotatable bonds is 7. The number of pyridine rings is 1. The number of aromatic nitrogens is 4. The van der Waals surface area contributed by atoms with Gasteiger partial charge in [0.25, 0.3) is 0 Å². The molecule has 3 aromatic rings. The van der Waals surface area contributed by atoms with Crippen LogP contribution in [0.25, 0.3) is 0 Å². The first-order valence-electron chi connectivity index (χ1n) is 10.0. The Morgan fingerprint density at radius 1 is 1.07 bits per heavy atom. The molecule has 150 valence electrons. The Morgan fingerprint density at radius 2 is 1.90 bits per heavy atom. The molecular formula is C22H25N5OS. The Labute approximate surface area is 175 Å². The van der Waals surface area contributed by atoms with Gasteiger partial charge in [-0.1, -0.05) is 30.3 Å². The summed E-state index contributed by atoms with van der Waals surface area (Å²) in [5.41, 5.74) is 1.32. The number of nitrogens with one attached hydrogen (secondary N) is 1. The standard InChI is InChI=1S/C22H25N5OS/c28-22(16-29-19-10-13-23-14-11-19)24-18-7-9-21-26-25-20(27(21)15-12-18)8-6-17-4-2-1-3-5-17/h1-5,10-11,13-14,18H,6-9,12,15-16H2,(H,24,28).